The van der Waals surface area contributed by atoms with Gasteiger partial charge in [-0.1, -0.05) is 18.2 Å². The van der Waals surface area contributed by atoms with E-state index in [1.807, 2.05) is 0 Å². The smallest absolute Gasteiger partial charge is 0.450 e. The second kappa shape index (κ2) is 24.1. The Bertz CT molecular complexity index is 710. The van der Waals surface area contributed by atoms with Crippen LogP contribution in [0.5, 0.6) is 0 Å². The molecule has 0 aliphatic carbocycles. The van der Waals surface area contributed by atoms with E-state index < -0.39 is 36.9 Å². The highest BCUT2D eigenvalue weighted by Gasteiger charge is 2.09. The van der Waals surface area contributed by atoms with Crippen molar-refractivity contribution < 1.29 is 77.2 Å². The minimum Gasteiger partial charge on any atom is -0.450 e. The molecule has 0 saturated heterocycles. The Hall–Kier alpha value is -4.50. The number of ether oxygens (including phenoxy) is 6. The topological polar surface area (TPSA) is 222 Å². The van der Waals surface area contributed by atoms with Crippen molar-refractivity contribution in [3.63, 3.8) is 0 Å². The molecule has 35 heavy (non-hydrogen) atoms. The van der Waals surface area contributed by atoms with Gasteiger partial charge in [-0.3, -0.25) is 0 Å². The lowest BCUT2D eigenvalue weighted by Crippen LogP contribution is -2.20. The molecule has 200 valence electrons. The lowest BCUT2D eigenvalue weighted by atomic mass is 10.4. The standard InChI is InChI=1S/C6H5F.C5H8O6.C4H6O6.C4H8O3/c7-6-4-2-1-3-5-6;1-3(11-5(8)9)2-10-4(6)7;5-3(6)9-1-2-10-4(7)8;1-3-7-4(5)6-2/h1-5H;3H,2H2,1H3,(H,6,7)(H,8,9);1-2H2,(H,5,6)(H,7,8);3H2,1-2H3. The number of carbonyl (C=O) groups excluding carboxylic acids is 1. The molecule has 0 amide bonds. The first-order valence-corrected chi connectivity index (χ1v) is 9.23. The molecular weight excluding hydrogens is 487 g/mol. The van der Waals surface area contributed by atoms with Crippen LogP contribution >= 0.6 is 0 Å². The van der Waals surface area contributed by atoms with Crippen molar-refractivity contribution in [2.75, 3.05) is 33.5 Å². The molecule has 1 atom stereocenters. The summed E-state index contributed by atoms with van der Waals surface area (Å²) in [7, 11) is 1.28. The molecule has 0 radical (unpaired) electrons. The van der Waals surface area contributed by atoms with Crippen LogP contribution in [0, 0.1) is 5.82 Å². The predicted octanol–water partition coefficient (Wildman–Crippen LogP) is 3.75. The number of rotatable bonds is 7. The summed E-state index contributed by atoms with van der Waals surface area (Å²) in [6.45, 7) is 2.63. The lowest BCUT2D eigenvalue weighted by Gasteiger charge is -2.08. The summed E-state index contributed by atoms with van der Waals surface area (Å²) in [6, 6.07) is 7.94. The predicted molar refractivity (Wildman–Crippen MR) is 111 cm³/mol. The van der Waals surface area contributed by atoms with Crippen LogP contribution in [0.15, 0.2) is 30.3 Å². The quantitative estimate of drug-likeness (QED) is 0.231. The molecule has 0 saturated carbocycles. The first kappa shape index (κ1) is 35.1. The van der Waals surface area contributed by atoms with E-state index in [1.165, 1.54) is 26.2 Å². The number of carbonyl (C=O) groups is 5. The third-order valence-corrected chi connectivity index (χ3v) is 2.44. The third kappa shape index (κ3) is 37.2. The van der Waals surface area contributed by atoms with E-state index in [0.717, 1.165) is 0 Å². The molecular formula is C19H27FO15. The average Bonchev–Trinajstić information content (AvgIpc) is 2.76. The zero-order valence-corrected chi connectivity index (χ0v) is 19.0. The SMILES string of the molecule is CC(COC(=O)O)OC(=O)O.CCOC(=O)OC.Fc1ccccc1.O=C(O)OCCOC(=O)O. The highest BCUT2D eigenvalue weighted by molar-refractivity contribution is 5.59. The number of carboxylic acid groups (broad SMARTS) is 4. The summed E-state index contributed by atoms with van der Waals surface area (Å²) in [6.07, 6.45) is -7.20. The van der Waals surface area contributed by atoms with Crippen LogP contribution in [-0.2, 0) is 28.4 Å². The molecule has 0 aromatic heterocycles. The van der Waals surface area contributed by atoms with Crippen molar-refractivity contribution in [1.29, 1.82) is 0 Å². The molecule has 1 aromatic rings. The molecule has 1 aromatic carbocycles. The minimum atomic E-state index is -1.45. The molecule has 16 heteroatoms. The van der Waals surface area contributed by atoms with Gasteiger partial charge in [-0.05, 0) is 26.0 Å². The Morgan fingerprint density at radius 1 is 0.800 bits per heavy atom. The first-order valence-electron chi connectivity index (χ1n) is 9.23. The summed E-state index contributed by atoms with van der Waals surface area (Å²) in [4.78, 5) is 48.8. The first-order chi connectivity index (χ1) is 16.3. The fraction of sp³-hybridized carbons (Fsp3) is 0.421. The van der Waals surface area contributed by atoms with E-state index in [0.29, 0.717) is 6.61 Å². The maximum Gasteiger partial charge on any atom is 0.507 e. The van der Waals surface area contributed by atoms with Gasteiger partial charge < -0.3 is 48.8 Å². The summed E-state index contributed by atoms with van der Waals surface area (Å²) in [5, 5.41) is 31.7. The number of methoxy groups -OCH3 is 1. The molecule has 4 N–H and O–H groups in total. The van der Waals surface area contributed by atoms with Gasteiger partial charge in [0.25, 0.3) is 0 Å². The van der Waals surface area contributed by atoms with E-state index in [9.17, 15) is 28.4 Å². The molecule has 0 fully saturated rings. The fourth-order valence-electron chi connectivity index (χ4n) is 1.24. The van der Waals surface area contributed by atoms with Crippen molar-refractivity contribution in [1.82, 2.24) is 0 Å². The van der Waals surface area contributed by atoms with Gasteiger partial charge in [0.05, 0.1) is 13.7 Å². The van der Waals surface area contributed by atoms with Crippen molar-refractivity contribution >= 4 is 30.8 Å². The van der Waals surface area contributed by atoms with Gasteiger partial charge in [-0.25, -0.2) is 28.4 Å². The summed E-state index contributed by atoms with van der Waals surface area (Å²) in [5.41, 5.74) is 0. The second-order valence-corrected chi connectivity index (χ2v) is 5.18. The third-order valence-electron chi connectivity index (χ3n) is 2.44. The highest BCUT2D eigenvalue weighted by atomic mass is 19.1. The van der Waals surface area contributed by atoms with Gasteiger partial charge in [0.1, 0.15) is 31.7 Å². The van der Waals surface area contributed by atoms with Crippen LogP contribution in [0.2, 0.25) is 0 Å². The number of halogens is 1. The normalized spacial score (nSPS) is 9.37. The number of hydrogen-bond donors (Lipinski definition) is 4. The molecule has 1 unspecified atom stereocenters. The molecule has 0 spiro atoms. The Labute approximate surface area is 198 Å². The zero-order chi connectivity index (χ0) is 27.6. The van der Waals surface area contributed by atoms with Crippen LogP contribution in [0.4, 0.5) is 28.4 Å². The highest BCUT2D eigenvalue weighted by Crippen LogP contribution is 1.93. The van der Waals surface area contributed by atoms with Crippen LogP contribution in [0.25, 0.3) is 0 Å². The molecule has 0 heterocycles. The second-order valence-electron chi connectivity index (χ2n) is 5.18. The maximum atomic E-state index is 11.9. The maximum absolute atomic E-state index is 11.9. The van der Waals surface area contributed by atoms with Crippen LogP contribution < -0.4 is 0 Å². The van der Waals surface area contributed by atoms with Crippen molar-refractivity contribution in [3.8, 4) is 0 Å². The molecule has 15 nitrogen and oxygen atoms in total. The largest absolute Gasteiger partial charge is 0.507 e. The number of hydrogen-bond acceptors (Lipinski definition) is 11. The average molecular weight is 514 g/mol. The summed E-state index contributed by atoms with van der Waals surface area (Å²) < 4.78 is 36.4. The zero-order valence-electron chi connectivity index (χ0n) is 19.0. The summed E-state index contributed by atoms with van der Waals surface area (Å²) >= 11 is 0. The Morgan fingerprint density at radius 3 is 1.51 bits per heavy atom. The Kier molecular flexibility index (Phi) is 24.2. The van der Waals surface area contributed by atoms with Gasteiger partial charge >= 0.3 is 30.8 Å². The van der Waals surface area contributed by atoms with E-state index in [1.54, 1.807) is 25.1 Å². The fourth-order valence-corrected chi connectivity index (χ4v) is 1.24. The van der Waals surface area contributed by atoms with Crippen molar-refractivity contribution in [2.45, 2.75) is 20.0 Å². The Morgan fingerprint density at radius 2 is 1.26 bits per heavy atom. The molecule has 0 bridgehead atoms. The van der Waals surface area contributed by atoms with Crippen molar-refractivity contribution in [2.24, 2.45) is 0 Å². The van der Waals surface area contributed by atoms with Gasteiger partial charge in [-0.15, -0.1) is 0 Å². The van der Waals surface area contributed by atoms with E-state index >= 15 is 0 Å². The lowest BCUT2D eigenvalue weighted by molar-refractivity contribution is 0.0122. The minimum absolute atomic E-state index is 0.178. The van der Waals surface area contributed by atoms with Crippen molar-refractivity contribution in [3.05, 3.63) is 36.1 Å². The van der Waals surface area contributed by atoms with Crippen LogP contribution in [0.1, 0.15) is 13.8 Å². The Balaban J connectivity index is -0.000000397. The summed E-state index contributed by atoms with van der Waals surface area (Å²) in [5.74, 6) is -0.178. The van der Waals surface area contributed by atoms with E-state index in [-0.39, 0.29) is 25.6 Å². The van der Waals surface area contributed by atoms with E-state index in [2.05, 4.69) is 28.4 Å². The molecule has 0 aliphatic heterocycles. The monoisotopic (exact) mass is 514 g/mol. The molecule has 0 aliphatic rings. The molecule has 1 rings (SSSR count). The van der Waals surface area contributed by atoms with Gasteiger partial charge in [-0.2, -0.15) is 0 Å². The number of benzene rings is 1. The van der Waals surface area contributed by atoms with Gasteiger partial charge in [0.2, 0.25) is 0 Å². The van der Waals surface area contributed by atoms with E-state index in [4.69, 9.17) is 20.4 Å². The van der Waals surface area contributed by atoms with Gasteiger partial charge in [0.15, 0.2) is 0 Å². The van der Waals surface area contributed by atoms with Crippen LogP contribution in [0.3, 0.4) is 0 Å². The van der Waals surface area contributed by atoms with Gasteiger partial charge in [0, 0.05) is 0 Å². The van der Waals surface area contributed by atoms with Crippen LogP contribution in [-0.4, -0.2) is 90.8 Å².